The van der Waals surface area contributed by atoms with Crippen LogP contribution in [0.5, 0.6) is 0 Å². The van der Waals surface area contributed by atoms with E-state index in [2.05, 4.69) is 10.4 Å². The monoisotopic (exact) mass is 291 g/mol. The van der Waals surface area contributed by atoms with E-state index in [9.17, 15) is 4.79 Å². The molecule has 2 aromatic rings. The Balaban J connectivity index is 1.67. The highest BCUT2D eigenvalue weighted by Gasteiger charge is 2.27. The molecule has 4 nitrogen and oxygen atoms in total. The first-order valence-electron chi connectivity index (χ1n) is 7.06. The Bertz CT molecular complexity index is 610. The van der Waals surface area contributed by atoms with Crippen LogP contribution in [0.2, 0.25) is 0 Å². The smallest absolute Gasteiger partial charge is 0.255 e. The van der Waals surface area contributed by atoms with Gasteiger partial charge in [0.1, 0.15) is 0 Å². The quantitative estimate of drug-likeness (QED) is 0.881. The number of nitrogens with one attached hydrogen (secondary N) is 1. The summed E-state index contributed by atoms with van der Waals surface area (Å²) in [6, 6.07) is 5.71. The van der Waals surface area contributed by atoms with Crippen LogP contribution in [0, 0.1) is 11.8 Å². The van der Waals surface area contributed by atoms with Crippen LogP contribution < -0.4 is 5.32 Å². The van der Waals surface area contributed by atoms with Gasteiger partial charge in [0.05, 0.1) is 17.3 Å². The SMILES string of the molecule is O=C(NCC1CCCC1CCl)c1cnn2ccccc12. The zero-order valence-electron chi connectivity index (χ0n) is 11.3. The van der Waals surface area contributed by atoms with E-state index < -0.39 is 0 Å². The van der Waals surface area contributed by atoms with Crippen LogP contribution in [0.1, 0.15) is 29.6 Å². The molecular formula is C15H18ClN3O. The van der Waals surface area contributed by atoms with Gasteiger partial charge in [0.2, 0.25) is 0 Å². The number of pyridine rings is 1. The number of carbonyl (C=O) groups is 1. The van der Waals surface area contributed by atoms with Gasteiger partial charge >= 0.3 is 0 Å². The lowest BCUT2D eigenvalue weighted by molar-refractivity contribution is 0.0946. The lowest BCUT2D eigenvalue weighted by Crippen LogP contribution is -2.31. The Labute approximate surface area is 123 Å². The van der Waals surface area contributed by atoms with Gasteiger partial charge < -0.3 is 5.32 Å². The van der Waals surface area contributed by atoms with Crippen LogP contribution in [0.25, 0.3) is 5.52 Å². The fraction of sp³-hybridized carbons (Fsp3) is 0.467. The van der Waals surface area contributed by atoms with Crippen molar-refractivity contribution in [3.8, 4) is 0 Å². The van der Waals surface area contributed by atoms with Crippen LogP contribution in [0.4, 0.5) is 0 Å². The maximum absolute atomic E-state index is 12.3. The normalized spacial score (nSPS) is 22.2. The van der Waals surface area contributed by atoms with Crippen molar-refractivity contribution in [2.24, 2.45) is 11.8 Å². The summed E-state index contributed by atoms with van der Waals surface area (Å²) < 4.78 is 1.71. The van der Waals surface area contributed by atoms with Crippen molar-refractivity contribution in [2.45, 2.75) is 19.3 Å². The number of hydrogen-bond donors (Lipinski definition) is 1. The fourth-order valence-corrected chi connectivity index (χ4v) is 3.42. The van der Waals surface area contributed by atoms with Gasteiger partial charge in [-0.05, 0) is 36.8 Å². The number of aromatic nitrogens is 2. The van der Waals surface area contributed by atoms with Crippen LogP contribution in [-0.4, -0.2) is 27.9 Å². The summed E-state index contributed by atoms with van der Waals surface area (Å²) in [4.78, 5) is 12.3. The zero-order valence-corrected chi connectivity index (χ0v) is 12.0. The molecule has 0 radical (unpaired) electrons. The van der Waals surface area contributed by atoms with Gasteiger partial charge in [-0.25, -0.2) is 4.52 Å². The van der Waals surface area contributed by atoms with E-state index in [0.29, 0.717) is 29.8 Å². The van der Waals surface area contributed by atoms with E-state index in [1.807, 2.05) is 24.4 Å². The van der Waals surface area contributed by atoms with Crippen LogP contribution in [0.3, 0.4) is 0 Å². The van der Waals surface area contributed by atoms with Gasteiger partial charge in [-0.15, -0.1) is 11.6 Å². The van der Waals surface area contributed by atoms with Crippen molar-refractivity contribution in [3.63, 3.8) is 0 Å². The molecule has 0 spiro atoms. The molecule has 2 heterocycles. The maximum atomic E-state index is 12.3. The minimum Gasteiger partial charge on any atom is -0.352 e. The van der Waals surface area contributed by atoms with Crippen LogP contribution in [-0.2, 0) is 0 Å². The summed E-state index contributed by atoms with van der Waals surface area (Å²) in [5, 5.41) is 7.22. The third kappa shape index (κ3) is 2.52. The standard InChI is InChI=1S/C15H18ClN3O/c16-8-11-4-3-5-12(11)9-17-15(20)13-10-18-19-7-2-1-6-14(13)19/h1-2,6-7,10-12H,3-5,8-9H2,(H,17,20). The predicted octanol–water partition coefficient (Wildman–Crippen LogP) is 2.72. The summed E-state index contributed by atoms with van der Waals surface area (Å²) >= 11 is 5.97. The topological polar surface area (TPSA) is 46.4 Å². The first-order valence-corrected chi connectivity index (χ1v) is 7.59. The number of alkyl halides is 1. The number of hydrogen-bond acceptors (Lipinski definition) is 2. The molecule has 0 saturated heterocycles. The summed E-state index contributed by atoms with van der Waals surface area (Å²) in [5.74, 6) is 1.70. The molecule has 0 aromatic carbocycles. The molecule has 0 aliphatic heterocycles. The molecule has 106 valence electrons. The summed E-state index contributed by atoms with van der Waals surface area (Å²) in [6.07, 6.45) is 7.02. The van der Waals surface area contributed by atoms with E-state index in [1.165, 1.54) is 12.8 Å². The van der Waals surface area contributed by atoms with Crippen molar-refractivity contribution in [1.82, 2.24) is 14.9 Å². The van der Waals surface area contributed by atoms with E-state index in [4.69, 9.17) is 11.6 Å². The Morgan fingerprint density at radius 2 is 2.25 bits per heavy atom. The highest BCUT2D eigenvalue weighted by atomic mass is 35.5. The van der Waals surface area contributed by atoms with Gasteiger partial charge in [-0.3, -0.25) is 4.79 Å². The summed E-state index contributed by atoms with van der Waals surface area (Å²) in [5.41, 5.74) is 1.47. The number of halogens is 1. The van der Waals surface area contributed by atoms with E-state index >= 15 is 0 Å². The molecular weight excluding hydrogens is 274 g/mol. The third-order valence-electron chi connectivity index (χ3n) is 4.21. The lowest BCUT2D eigenvalue weighted by atomic mass is 9.98. The molecule has 2 atom stereocenters. The molecule has 1 fully saturated rings. The van der Waals surface area contributed by atoms with Crippen LogP contribution in [0.15, 0.2) is 30.6 Å². The van der Waals surface area contributed by atoms with E-state index in [1.54, 1.807) is 10.7 Å². The van der Waals surface area contributed by atoms with Gasteiger partial charge in [0.25, 0.3) is 5.91 Å². The second-order valence-corrected chi connectivity index (χ2v) is 5.71. The molecule has 3 rings (SSSR count). The maximum Gasteiger partial charge on any atom is 0.255 e. The average Bonchev–Trinajstić information content (AvgIpc) is 3.11. The highest BCUT2D eigenvalue weighted by molar-refractivity contribution is 6.18. The number of fused-ring (bicyclic) bond motifs is 1. The summed E-state index contributed by atoms with van der Waals surface area (Å²) in [7, 11) is 0. The number of carbonyl (C=O) groups excluding carboxylic acids is 1. The van der Waals surface area contributed by atoms with Crippen molar-refractivity contribution >= 4 is 23.0 Å². The second-order valence-electron chi connectivity index (χ2n) is 5.40. The molecule has 1 amide bonds. The fourth-order valence-electron chi connectivity index (χ4n) is 3.01. The van der Waals surface area contributed by atoms with Crippen LogP contribution >= 0.6 is 11.6 Å². The molecule has 2 aromatic heterocycles. The van der Waals surface area contributed by atoms with Gasteiger partial charge in [-0.2, -0.15) is 5.10 Å². The van der Waals surface area contributed by atoms with Gasteiger partial charge in [0, 0.05) is 18.6 Å². The van der Waals surface area contributed by atoms with Crippen molar-refractivity contribution < 1.29 is 4.79 Å². The predicted molar refractivity (Wildman–Crippen MR) is 79.1 cm³/mol. The Morgan fingerprint density at radius 1 is 1.40 bits per heavy atom. The molecule has 2 unspecified atom stereocenters. The summed E-state index contributed by atoms with van der Waals surface area (Å²) in [6.45, 7) is 0.709. The first-order chi connectivity index (χ1) is 9.79. The third-order valence-corrected chi connectivity index (χ3v) is 4.61. The Hall–Kier alpha value is -1.55. The zero-order chi connectivity index (χ0) is 13.9. The lowest BCUT2D eigenvalue weighted by Gasteiger charge is -2.17. The van der Waals surface area contributed by atoms with E-state index in [-0.39, 0.29) is 5.91 Å². The number of amides is 1. The highest BCUT2D eigenvalue weighted by Crippen LogP contribution is 2.32. The minimum absolute atomic E-state index is 0.0496. The molecule has 1 N–H and O–H groups in total. The Morgan fingerprint density at radius 3 is 3.10 bits per heavy atom. The minimum atomic E-state index is -0.0496. The average molecular weight is 292 g/mol. The molecule has 0 bridgehead atoms. The van der Waals surface area contributed by atoms with Gasteiger partial charge in [0.15, 0.2) is 0 Å². The molecule has 5 heteroatoms. The number of nitrogens with zero attached hydrogens (tertiary/aromatic N) is 2. The largest absolute Gasteiger partial charge is 0.352 e. The van der Waals surface area contributed by atoms with Crippen molar-refractivity contribution in [1.29, 1.82) is 0 Å². The molecule has 1 aliphatic carbocycles. The number of rotatable bonds is 4. The Kier molecular flexibility index (Phi) is 3.92. The molecule has 1 aliphatic rings. The van der Waals surface area contributed by atoms with Crippen molar-refractivity contribution in [2.75, 3.05) is 12.4 Å². The molecule has 1 saturated carbocycles. The van der Waals surface area contributed by atoms with Gasteiger partial charge in [-0.1, -0.05) is 12.5 Å². The van der Waals surface area contributed by atoms with E-state index in [0.717, 1.165) is 11.9 Å². The first kappa shape index (κ1) is 13.4. The van der Waals surface area contributed by atoms with Crippen molar-refractivity contribution in [3.05, 3.63) is 36.2 Å². The second kappa shape index (κ2) is 5.83. The molecule has 20 heavy (non-hydrogen) atoms.